The molecule has 0 aromatic carbocycles. The number of amides is 1. The summed E-state index contributed by atoms with van der Waals surface area (Å²) < 4.78 is 4.80. The second-order valence-corrected chi connectivity index (χ2v) is 5.67. The van der Waals surface area contributed by atoms with Crippen LogP contribution in [0.15, 0.2) is 0 Å². The Balaban J connectivity index is 2.27. The number of hydrogen-bond donors (Lipinski definition) is 2. The second kappa shape index (κ2) is 8.95. The molecular weight excluding hydrogens is 258 g/mol. The smallest absolute Gasteiger partial charge is 0.334 e. The minimum atomic E-state index is -1.05. The summed E-state index contributed by atoms with van der Waals surface area (Å²) in [6.07, 6.45) is 6.89. The van der Waals surface area contributed by atoms with Crippen LogP contribution in [-0.2, 0) is 14.3 Å². The molecule has 20 heavy (non-hydrogen) atoms. The summed E-state index contributed by atoms with van der Waals surface area (Å²) in [4.78, 5) is 22.8. The largest absolute Gasteiger partial charge is 0.479 e. The molecule has 1 unspecified atom stereocenters. The van der Waals surface area contributed by atoms with E-state index in [1.165, 1.54) is 26.4 Å². The normalized spacial score (nSPS) is 24.1. The van der Waals surface area contributed by atoms with Gasteiger partial charge in [-0.2, -0.15) is 0 Å². The van der Waals surface area contributed by atoms with Crippen molar-refractivity contribution in [1.29, 1.82) is 0 Å². The van der Waals surface area contributed by atoms with Crippen LogP contribution in [0, 0.1) is 11.8 Å². The van der Waals surface area contributed by atoms with Gasteiger partial charge in [0, 0.05) is 13.0 Å². The molecule has 1 amide bonds. The number of carbonyl (C=O) groups is 2. The highest BCUT2D eigenvalue weighted by Crippen LogP contribution is 2.31. The quantitative estimate of drug-likeness (QED) is 0.717. The number of nitrogens with one attached hydrogen (secondary N) is 1. The lowest BCUT2D eigenvalue weighted by molar-refractivity contribution is -0.148. The average Bonchev–Trinajstić information content (AvgIpc) is 2.45. The molecule has 1 aliphatic rings. The van der Waals surface area contributed by atoms with Gasteiger partial charge >= 0.3 is 5.97 Å². The molecule has 0 aromatic heterocycles. The predicted octanol–water partition coefficient (Wildman–Crippen LogP) is 2.20. The van der Waals surface area contributed by atoms with Crippen LogP contribution < -0.4 is 5.32 Å². The summed E-state index contributed by atoms with van der Waals surface area (Å²) in [5.74, 6) is -0.262. The van der Waals surface area contributed by atoms with Crippen molar-refractivity contribution in [2.24, 2.45) is 11.8 Å². The van der Waals surface area contributed by atoms with E-state index in [0.29, 0.717) is 0 Å². The molecule has 0 aliphatic heterocycles. The first-order valence-corrected chi connectivity index (χ1v) is 7.61. The van der Waals surface area contributed by atoms with Crippen LogP contribution >= 0.6 is 0 Å². The number of hydrogen-bond acceptors (Lipinski definition) is 3. The SMILES string of the molecule is CCCCC1CCC(C(=O)NCC(OC)C(=O)O)CC1. The number of carboxylic acids is 1. The lowest BCUT2D eigenvalue weighted by Crippen LogP contribution is -2.41. The average molecular weight is 285 g/mol. The summed E-state index contributed by atoms with van der Waals surface area (Å²) in [6, 6.07) is 0. The minimum Gasteiger partial charge on any atom is -0.479 e. The number of rotatable bonds is 8. The van der Waals surface area contributed by atoms with Gasteiger partial charge in [0.2, 0.25) is 5.91 Å². The van der Waals surface area contributed by atoms with Crippen molar-refractivity contribution >= 4 is 11.9 Å². The fourth-order valence-electron chi connectivity index (χ4n) is 2.82. The predicted molar refractivity (Wildman–Crippen MR) is 76.4 cm³/mol. The van der Waals surface area contributed by atoms with E-state index in [1.807, 2.05) is 0 Å². The van der Waals surface area contributed by atoms with Gasteiger partial charge in [-0.05, 0) is 31.6 Å². The lowest BCUT2D eigenvalue weighted by atomic mass is 9.79. The Hall–Kier alpha value is -1.10. The molecule has 1 fully saturated rings. The Labute approximate surface area is 121 Å². The van der Waals surface area contributed by atoms with Gasteiger partial charge in [0.1, 0.15) is 0 Å². The van der Waals surface area contributed by atoms with Crippen molar-refractivity contribution in [3.63, 3.8) is 0 Å². The zero-order valence-electron chi connectivity index (χ0n) is 12.6. The molecule has 0 saturated heterocycles. The maximum atomic E-state index is 12.0. The minimum absolute atomic E-state index is 0.0257. The highest BCUT2D eigenvalue weighted by Gasteiger charge is 2.27. The van der Waals surface area contributed by atoms with E-state index in [4.69, 9.17) is 9.84 Å². The van der Waals surface area contributed by atoms with Crippen molar-refractivity contribution < 1.29 is 19.4 Å². The summed E-state index contributed by atoms with van der Waals surface area (Å²) in [7, 11) is 1.34. The van der Waals surface area contributed by atoms with E-state index in [9.17, 15) is 9.59 Å². The topological polar surface area (TPSA) is 75.6 Å². The highest BCUT2D eigenvalue weighted by molar-refractivity contribution is 5.80. The summed E-state index contributed by atoms with van der Waals surface area (Å²) >= 11 is 0. The molecule has 2 N–H and O–H groups in total. The van der Waals surface area contributed by atoms with Crippen molar-refractivity contribution in [3.05, 3.63) is 0 Å². The van der Waals surface area contributed by atoms with E-state index in [-0.39, 0.29) is 18.4 Å². The molecule has 1 atom stereocenters. The Kier molecular flexibility index (Phi) is 7.59. The van der Waals surface area contributed by atoms with E-state index < -0.39 is 12.1 Å². The fourth-order valence-corrected chi connectivity index (χ4v) is 2.82. The molecule has 0 spiro atoms. The van der Waals surface area contributed by atoms with Gasteiger partial charge in [0.05, 0.1) is 6.54 Å². The molecule has 0 bridgehead atoms. The van der Waals surface area contributed by atoms with Crippen molar-refractivity contribution in [3.8, 4) is 0 Å². The molecule has 5 nitrogen and oxygen atoms in total. The van der Waals surface area contributed by atoms with Crippen LogP contribution in [0.25, 0.3) is 0 Å². The summed E-state index contributed by atoms with van der Waals surface area (Å²) in [5, 5.41) is 11.5. The molecule has 5 heteroatoms. The Bertz CT molecular complexity index is 311. The van der Waals surface area contributed by atoms with Crippen LogP contribution in [0.3, 0.4) is 0 Å². The molecular formula is C15H27NO4. The van der Waals surface area contributed by atoms with E-state index in [0.717, 1.165) is 31.6 Å². The zero-order valence-corrected chi connectivity index (χ0v) is 12.6. The van der Waals surface area contributed by atoms with Gasteiger partial charge in [-0.25, -0.2) is 4.79 Å². The number of unbranched alkanes of at least 4 members (excludes halogenated alkanes) is 1. The number of ether oxygens (including phenoxy) is 1. The Morgan fingerprint density at radius 3 is 2.45 bits per heavy atom. The molecule has 0 radical (unpaired) electrons. The van der Waals surface area contributed by atoms with Crippen LogP contribution in [0.5, 0.6) is 0 Å². The van der Waals surface area contributed by atoms with Crippen LogP contribution in [0.2, 0.25) is 0 Å². The van der Waals surface area contributed by atoms with Gasteiger partial charge in [-0.15, -0.1) is 0 Å². The van der Waals surface area contributed by atoms with Gasteiger partial charge in [-0.3, -0.25) is 4.79 Å². The van der Waals surface area contributed by atoms with Gasteiger partial charge < -0.3 is 15.2 Å². The second-order valence-electron chi connectivity index (χ2n) is 5.67. The number of carboxylic acid groups (broad SMARTS) is 1. The third kappa shape index (κ3) is 5.49. The Morgan fingerprint density at radius 2 is 1.95 bits per heavy atom. The van der Waals surface area contributed by atoms with E-state index in [2.05, 4.69) is 12.2 Å². The molecule has 116 valence electrons. The van der Waals surface area contributed by atoms with Crippen molar-refractivity contribution in [2.45, 2.75) is 58.0 Å². The van der Waals surface area contributed by atoms with Crippen molar-refractivity contribution in [2.75, 3.05) is 13.7 Å². The first-order chi connectivity index (χ1) is 9.58. The maximum Gasteiger partial charge on any atom is 0.334 e. The molecule has 0 heterocycles. The van der Waals surface area contributed by atoms with Gasteiger partial charge in [0.15, 0.2) is 6.10 Å². The van der Waals surface area contributed by atoms with E-state index >= 15 is 0 Å². The maximum absolute atomic E-state index is 12.0. The molecule has 1 saturated carbocycles. The van der Waals surface area contributed by atoms with Crippen molar-refractivity contribution in [1.82, 2.24) is 5.32 Å². The Morgan fingerprint density at radius 1 is 1.30 bits per heavy atom. The zero-order chi connectivity index (χ0) is 15.0. The standard InChI is InChI=1S/C15H27NO4/c1-3-4-5-11-6-8-12(9-7-11)14(17)16-10-13(20-2)15(18)19/h11-13H,3-10H2,1-2H3,(H,16,17)(H,18,19). The number of carbonyl (C=O) groups excluding carboxylic acids is 1. The van der Waals surface area contributed by atoms with E-state index in [1.54, 1.807) is 0 Å². The molecule has 0 aromatic rings. The van der Waals surface area contributed by atoms with Gasteiger partial charge in [-0.1, -0.05) is 26.2 Å². The number of methoxy groups -OCH3 is 1. The van der Waals surface area contributed by atoms with Crippen LogP contribution in [0.1, 0.15) is 51.9 Å². The summed E-state index contributed by atoms with van der Waals surface area (Å²) in [5.41, 5.74) is 0. The lowest BCUT2D eigenvalue weighted by Gasteiger charge is -2.28. The van der Waals surface area contributed by atoms with Crippen LogP contribution in [0.4, 0.5) is 0 Å². The number of aliphatic carboxylic acids is 1. The third-order valence-corrected chi connectivity index (χ3v) is 4.21. The molecule has 1 rings (SSSR count). The molecule has 1 aliphatic carbocycles. The first kappa shape index (κ1) is 17.0. The third-order valence-electron chi connectivity index (χ3n) is 4.21. The fraction of sp³-hybridized carbons (Fsp3) is 0.867. The van der Waals surface area contributed by atoms with Crippen LogP contribution in [-0.4, -0.2) is 36.7 Å². The first-order valence-electron chi connectivity index (χ1n) is 7.61. The van der Waals surface area contributed by atoms with Gasteiger partial charge in [0.25, 0.3) is 0 Å². The monoisotopic (exact) mass is 285 g/mol. The highest BCUT2D eigenvalue weighted by atomic mass is 16.5. The summed E-state index contributed by atoms with van der Waals surface area (Å²) in [6.45, 7) is 2.24.